The molecule has 3 heterocycles. The Hall–Kier alpha value is -3.20. The molecule has 2 aliphatic carbocycles. The summed E-state index contributed by atoms with van der Waals surface area (Å²) in [6.45, 7) is 1.34. The Labute approximate surface area is 238 Å². The number of nitriles is 1. The molecule has 1 aromatic carbocycles. The van der Waals surface area contributed by atoms with Crippen molar-refractivity contribution in [2.75, 3.05) is 29.5 Å². The Morgan fingerprint density at radius 2 is 1.90 bits per heavy atom. The number of rotatable bonds is 6. The lowest BCUT2D eigenvalue weighted by Crippen LogP contribution is -2.42. The first-order valence-corrected chi connectivity index (χ1v) is 16.7. The van der Waals surface area contributed by atoms with Crippen molar-refractivity contribution in [3.05, 3.63) is 54.1 Å². The van der Waals surface area contributed by atoms with Crippen LogP contribution in [-0.4, -0.2) is 50.6 Å². The van der Waals surface area contributed by atoms with Gasteiger partial charge in [-0.25, -0.2) is 9.37 Å². The molecule has 3 N–H and O–H groups in total. The Morgan fingerprint density at radius 3 is 2.55 bits per heavy atom. The fraction of sp³-hybridized carbons (Fsp3) is 0.448. The van der Waals surface area contributed by atoms with Gasteiger partial charge in [0.15, 0.2) is 0 Å². The van der Waals surface area contributed by atoms with E-state index in [9.17, 15) is 19.0 Å². The second-order valence-corrected chi connectivity index (χ2v) is 14.9. The monoisotopic (exact) mass is 580 g/mol. The Morgan fingerprint density at radius 1 is 1.18 bits per heavy atom. The lowest BCUT2D eigenvalue weighted by atomic mass is 9.76. The fourth-order valence-electron chi connectivity index (χ4n) is 5.77. The average Bonchev–Trinajstić information content (AvgIpc) is 3.60. The Bertz CT molecular complexity index is 1480. The molecule has 1 saturated heterocycles. The maximum Gasteiger partial charge on any atom is 0.225 e. The molecule has 1 aliphatic heterocycles. The SMILES string of the molecule is N#CC1(NC(=O)[C@@H]2CCCC[C@H]2c2nc(-c3ccc(F)cn3)sc2-c2ccc(N3CC[SH](=N)(O)CC3)cc2)CC1. The summed E-state index contributed by atoms with van der Waals surface area (Å²) in [5.74, 6) is 0.190. The van der Waals surface area contributed by atoms with E-state index in [0.717, 1.165) is 47.5 Å². The lowest BCUT2D eigenvalue weighted by molar-refractivity contribution is -0.127. The van der Waals surface area contributed by atoms with Gasteiger partial charge in [-0.1, -0.05) is 25.0 Å². The number of thiol groups is 1. The van der Waals surface area contributed by atoms with Gasteiger partial charge in [0, 0.05) is 42.1 Å². The first kappa shape index (κ1) is 27.0. The molecule has 11 heteroatoms. The van der Waals surface area contributed by atoms with E-state index in [0.29, 0.717) is 48.1 Å². The first-order chi connectivity index (χ1) is 19.3. The van der Waals surface area contributed by atoms with Crippen molar-refractivity contribution in [2.45, 2.75) is 50.0 Å². The summed E-state index contributed by atoms with van der Waals surface area (Å²) >= 11 is 1.50. The van der Waals surface area contributed by atoms with Gasteiger partial charge in [-0.05, 0) is 55.5 Å². The highest BCUT2D eigenvalue weighted by atomic mass is 32.3. The van der Waals surface area contributed by atoms with Crippen molar-refractivity contribution in [1.29, 1.82) is 10.0 Å². The van der Waals surface area contributed by atoms with E-state index in [-0.39, 0.29) is 17.7 Å². The molecule has 2 aromatic heterocycles. The number of halogens is 1. The van der Waals surface area contributed by atoms with Crippen LogP contribution < -0.4 is 10.2 Å². The molecule has 0 bridgehead atoms. The molecule has 1 amide bonds. The number of aromatic nitrogens is 2. The third-order valence-electron chi connectivity index (χ3n) is 8.35. The van der Waals surface area contributed by atoms with Crippen LogP contribution in [0.2, 0.25) is 0 Å². The van der Waals surface area contributed by atoms with Gasteiger partial charge in [-0.3, -0.25) is 14.6 Å². The maximum atomic E-state index is 13.6. The van der Waals surface area contributed by atoms with Gasteiger partial charge in [0.1, 0.15) is 16.4 Å². The van der Waals surface area contributed by atoms with E-state index in [2.05, 4.69) is 45.5 Å². The van der Waals surface area contributed by atoms with E-state index < -0.39 is 21.5 Å². The van der Waals surface area contributed by atoms with Crippen molar-refractivity contribution < 1.29 is 13.7 Å². The number of amides is 1. The zero-order valence-corrected chi connectivity index (χ0v) is 23.9. The third-order valence-corrected chi connectivity index (χ3v) is 11.4. The van der Waals surface area contributed by atoms with Crippen LogP contribution in [0.25, 0.3) is 21.1 Å². The lowest BCUT2D eigenvalue weighted by Gasteiger charge is -2.36. The molecular weight excluding hydrogens is 547 g/mol. The zero-order valence-electron chi connectivity index (χ0n) is 22.1. The van der Waals surface area contributed by atoms with E-state index in [4.69, 9.17) is 9.76 Å². The summed E-state index contributed by atoms with van der Waals surface area (Å²) in [5.41, 5.74) is 2.79. The summed E-state index contributed by atoms with van der Waals surface area (Å²) in [5, 5.41) is 13.2. The molecule has 2 atom stereocenters. The minimum absolute atomic E-state index is 0.0678. The van der Waals surface area contributed by atoms with Gasteiger partial charge >= 0.3 is 0 Å². The van der Waals surface area contributed by atoms with E-state index in [1.165, 1.54) is 23.6 Å². The molecule has 0 spiro atoms. The fourth-order valence-corrected chi connectivity index (χ4v) is 8.26. The highest BCUT2D eigenvalue weighted by molar-refractivity contribution is 7.98. The van der Waals surface area contributed by atoms with Crippen LogP contribution in [0.3, 0.4) is 0 Å². The van der Waals surface area contributed by atoms with Crippen LogP contribution in [0.4, 0.5) is 10.1 Å². The quantitative estimate of drug-likeness (QED) is 0.289. The summed E-state index contributed by atoms with van der Waals surface area (Å²) in [7, 11) is -2.51. The number of carbonyl (C=O) groups excluding carboxylic acids is 1. The Kier molecular flexibility index (Phi) is 7.19. The minimum Gasteiger partial charge on any atom is -0.370 e. The number of thiazole rings is 1. The number of pyridine rings is 1. The minimum atomic E-state index is -2.51. The van der Waals surface area contributed by atoms with Crippen LogP contribution >= 0.6 is 11.3 Å². The number of benzene rings is 1. The van der Waals surface area contributed by atoms with Crippen molar-refractivity contribution in [1.82, 2.24) is 15.3 Å². The molecule has 2 saturated carbocycles. The van der Waals surface area contributed by atoms with Crippen molar-refractivity contribution in [3.63, 3.8) is 0 Å². The molecule has 3 aromatic rings. The van der Waals surface area contributed by atoms with E-state index in [1.807, 2.05) is 0 Å². The smallest absolute Gasteiger partial charge is 0.225 e. The number of nitrogens with one attached hydrogen (secondary N) is 2. The number of hydrogen-bond acceptors (Lipinski definition) is 7. The van der Waals surface area contributed by atoms with Gasteiger partial charge in [0.05, 0.1) is 28.5 Å². The van der Waals surface area contributed by atoms with Crippen molar-refractivity contribution in [3.8, 4) is 27.2 Å². The van der Waals surface area contributed by atoms with Crippen LogP contribution in [0.15, 0.2) is 42.6 Å². The van der Waals surface area contributed by atoms with E-state index in [1.54, 1.807) is 6.07 Å². The highest BCUT2D eigenvalue weighted by Crippen LogP contribution is 2.46. The van der Waals surface area contributed by atoms with Crippen LogP contribution in [-0.2, 0) is 14.9 Å². The molecule has 210 valence electrons. The van der Waals surface area contributed by atoms with Crippen LogP contribution in [0.5, 0.6) is 0 Å². The molecule has 6 rings (SSSR count). The maximum absolute atomic E-state index is 13.6. The zero-order chi connectivity index (χ0) is 27.9. The van der Waals surface area contributed by atoms with Gasteiger partial charge in [0.25, 0.3) is 0 Å². The molecular formula is C29H33FN6O2S2. The standard InChI is InChI=1S/C29H33FN6O2S2/c30-20-7-10-24(33-17-20)28-34-25(22-3-1-2-4-23(22)27(37)35-29(18-31)11-12-29)26(39-28)19-5-8-21(9-6-19)36-13-15-40(32,38)16-14-36/h5-10,17,22-23,40H,1-4,11-16H2,(H2,32,38)(H,35,37)/t22-,23-/m1/s1. The van der Waals surface area contributed by atoms with Gasteiger partial charge in [0.2, 0.25) is 5.91 Å². The van der Waals surface area contributed by atoms with Crippen molar-refractivity contribution in [2.24, 2.45) is 5.92 Å². The number of hydrogen-bond donors (Lipinski definition) is 4. The van der Waals surface area contributed by atoms with Crippen molar-refractivity contribution >= 4 is 33.0 Å². The highest BCUT2D eigenvalue weighted by Gasteiger charge is 2.47. The second-order valence-electron chi connectivity index (χ2n) is 11.2. The first-order valence-electron chi connectivity index (χ1n) is 13.8. The number of anilines is 1. The second kappa shape index (κ2) is 10.7. The van der Waals surface area contributed by atoms with Crippen LogP contribution in [0, 0.1) is 27.8 Å². The van der Waals surface area contributed by atoms with Gasteiger partial charge in [-0.15, -0.1) is 21.4 Å². The predicted octanol–water partition coefficient (Wildman–Crippen LogP) is 5.40. The molecule has 8 nitrogen and oxygen atoms in total. The summed E-state index contributed by atoms with van der Waals surface area (Å²) in [6.07, 6.45) is 6.12. The molecule has 0 unspecified atom stereocenters. The number of nitrogens with zero attached hydrogens (tertiary/aromatic N) is 4. The number of carbonyl (C=O) groups is 1. The largest absolute Gasteiger partial charge is 0.370 e. The van der Waals surface area contributed by atoms with Crippen LogP contribution in [0.1, 0.15) is 50.1 Å². The predicted molar refractivity (Wildman–Crippen MR) is 157 cm³/mol. The van der Waals surface area contributed by atoms with E-state index >= 15 is 0 Å². The summed E-state index contributed by atoms with van der Waals surface area (Å²) < 4.78 is 31.7. The average molecular weight is 581 g/mol. The van der Waals surface area contributed by atoms with Gasteiger partial charge < -0.3 is 14.8 Å². The topological polar surface area (TPSA) is 126 Å². The Balaban J connectivity index is 1.34. The third kappa shape index (κ3) is 5.53. The summed E-state index contributed by atoms with van der Waals surface area (Å²) in [6, 6.07) is 13.5. The summed E-state index contributed by atoms with van der Waals surface area (Å²) in [4.78, 5) is 25.9. The normalized spacial score (nSPS) is 24.1. The molecule has 40 heavy (non-hydrogen) atoms. The molecule has 0 radical (unpaired) electrons. The van der Waals surface area contributed by atoms with Gasteiger partial charge in [-0.2, -0.15) is 5.26 Å². The molecule has 3 fully saturated rings. The molecule has 3 aliphatic rings.